The summed E-state index contributed by atoms with van der Waals surface area (Å²) in [4.78, 5) is 6.64. The van der Waals surface area contributed by atoms with E-state index in [1.807, 2.05) is 6.07 Å². The van der Waals surface area contributed by atoms with Crippen molar-refractivity contribution in [3.05, 3.63) is 35.9 Å². The molecule has 0 aromatic heterocycles. The lowest BCUT2D eigenvalue weighted by Gasteiger charge is -2.33. The number of nitrogens with zero attached hydrogens (tertiary/aromatic N) is 2. The Hall–Kier alpha value is -1.60. The van der Waals surface area contributed by atoms with Crippen LogP contribution in [0.4, 0.5) is 0 Å². The SMILES string of the molecule is CN=C(NCCS(C)(=O)=O)NC1CCN(Cc2ccccc2)CC1. The van der Waals surface area contributed by atoms with Crippen LogP contribution in [0, 0.1) is 0 Å². The topological polar surface area (TPSA) is 73.8 Å². The minimum absolute atomic E-state index is 0.114. The number of hydrogen-bond acceptors (Lipinski definition) is 4. The highest BCUT2D eigenvalue weighted by molar-refractivity contribution is 7.90. The number of aliphatic imine (C=N–C) groups is 1. The van der Waals surface area contributed by atoms with Gasteiger partial charge in [-0.1, -0.05) is 30.3 Å². The van der Waals surface area contributed by atoms with Crippen LogP contribution in [0.2, 0.25) is 0 Å². The molecule has 1 aliphatic heterocycles. The van der Waals surface area contributed by atoms with Crippen LogP contribution < -0.4 is 10.6 Å². The largest absolute Gasteiger partial charge is 0.355 e. The Balaban J connectivity index is 1.71. The van der Waals surface area contributed by atoms with Gasteiger partial charge in [-0.2, -0.15) is 0 Å². The molecule has 1 aromatic carbocycles. The van der Waals surface area contributed by atoms with Gasteiger partial charge in [-0.15, -0.1) is 0 Å². The van der Waals surface area contributed by atoms with E-state index in [-0.39, 0.29) is 5.75 Å². The minimum atomic E-state index is -2.95. The minimum Gasteiger partial charge on any atom is -0.355 e. The Morgan fingerprint density at radius 2 is 1.92 bits per heavy atom. The first kappa shape index (κ1) is 18.7. The highest BCUT2D eigenvalue weighted by Gasteiger charge is 2.20. The number of benzene rings is 1. The Labute approximate surface area is 145 Å². The maximum atomic E-state index is 11.2. The van der Waals surface area contributed by atoms with Crippen molar-refractivity contribution in [3.63, 3.8) is 0 Å². The molecule has 0 aliphatic carbocycles. The second-order valence-electron chi connectivity index (χ2n) is 6.31. The van der Waals surface area contributed by atoms with Gasteiger partial charge in [0, 0.05) is 45.5 Å². The van der Waals surface area contributed by atoms with Crippen molar-refractivity contribution < 1.29 is 8.42 Å². The van der Waals surface area contributed by atoms with E-state index in [0.717, 1.165) is 32.5 Å². The number of rotatable bonds is 6. The number of nitrogens with one attached hydrogen (secondary N) is 2. The maximum absolute atomic E-state index is 11.2. The van der Waals surface area contributed by atoms with Gasteiger partial charge in [-0.3, -0.25) is 9.89 Å². The molecule has 0 spiro atoms. The molecule has 1 heterocycles. The highest BCUT2D eigenvalue weighted by Crippen LogP contribution is 2.13. The van der Waals surface area contributed by atoms with Crippen LogP contribution in [-0.2, 0) is 16.4 Å². The molecule has 1 aromatic rings. The van der Waals surface area contributed by atoms with Crippen LogP contribution in [0.3, 0.4) is 0 Å². The monoisotopic (exact) mass is 352 g/mol. The molecule has 0 bridgehead atoms. The van der Waals surface area contributed by atoms with Gasteiger partial charge in [0.25, 0.3) is 0 Å². The van der Waals surface area contributed by atoms with E-state index in [1.54, 1.807) is 7.05 Å². The molecule has 0 radical (unpaired) electrons. The van der Waals surface area contributed by atoms with Crippen LogP contribution in [-0.4, -0.2) is 64.0 Å². The highest BCUT2D eigenvalue weighted by atomic mass is 32.2. The molecular formula is C17H28N4O2S. The number of likely N-dealkylation sites (tertiary alicyclic amines) is 1. The molecule has 7 heteroatoms. The lowest BCUT2D eigenvalue weighted by atomic mass is 10.0. The molecule has 0 amide bonds. The second-order valence-corrected chi connectivity index (χ2v) is 8.57. The number of sulfone groups is 1. The fourth-order valence-corrected chi connectivity index (χ4v) is 3.29. The molecule has 0 saturated carbocycles. The van der Waals surface area contributed by atoms with Gasteiger partial charge in [-0.25, -0.2) is 8.42 Å². The van der Waals surface area contributed by atoms with Gasteiger partial charge in [0.2, 0.25) is 0 Å². The zero-order chi connectivity index (χ0) is 17.4. The molecular weight excluding hydrogens is 324 g/mol. The van der Waals surface area contributed by atoms with Crippen molar-refractivity contribution in [2.45, 2.75) is 25.4 Å². The summed E-state index contributed by atoms with van der Waals surface area (Å²) in [5, 5.41) is 6.46. The predicted molar refractivity (Wildman–Crippen MR) is 98.9 cm³/mol. The van der Waals surface area contributed by atoms with E-state index in [9.17, 15) is 8.42 Å². The third-order valence-electron chi connectivity index (χ3n) is 4.17. The van der Waals surface area contributed by atoms with Crippen molar-refractivity contribution in [1.29, 1.82) is 0 Å². The van der Waals surface area contributed by atoms with E-state index in [0.29, 0.717) is 18.5 Å². The van der Waals surface area contributed by atoms with Crippen molar-refractivity contribution in [1.82, 2.24) is 15.5 Å². The average Bonchev–Trinajstić information content (AvgIpc) is 2.55. The first-order valence-electron chi connectivity index (χ1n) is 8.37. The van der Waals surface area contributed by atoms with Crippen molar-refractivity contribution in [2.24, 2.45) is 4.99 Å². The van der Waals surface area contributed by atoms with Gasteiger partial charge in [0.05, 0.1) is 5.75 Å². The van der Waals surface area contributed by atoms with Crippen LogP contribution in [0.1, 0.15) is 18.4 Å². The van der Waals surface area contributed by atoms with Crippen molar-refractivity contribution >= 4 is 15.8 Å². The third kappa shape index (κ3) is 6.88. The fraction of sp³-hybridized carbons (Fsp3) is 0.588. The van der Waals surface area contributed by atoms with Gasteiger partial charge >= 0.3 is 0 Å². The zero-order valence-corrected chi connectivity index (χ0v) is 15.3. The normalized spacial score (nSPS) is 17.7. The van der Waals surface area contributed by atoms with Gasteiger partial charge < -0.3 is 10.6 Å². The first-order chi connectivity index (χ1) is 11.5. The van der Waals surface area contributed by atoms with E-state index < -0.39 is 9.84 Å². The lowest BCUT2D eigenvalue weighted by Crippen LogP contribution is -2.49. The van der Waals surface area contributed by atoms with Gasteiger partial charge in [0.1, 0.15) is 9.84 Å². The smallest absolute Gasteiger partial charge is 0.191 e. The lowest BCUT2D eigenvalue weighted by molar-refractivity contribution is 0.198. The standard InChI is InChI=1S/C17H28N4O2S/c1-18-17(19-10-13-24(2,22)23)20-16-8-11-21(12-9-16)14-15-6-4-3-5-7-15/h3-7,16H,8-14H2,1-2H3,(H2,18,19,20). The summed E-state index contributed by atoms with van der Waals surface area (Å²) in [5.74, 6) is 0.795. The Bertz CT molecular complexity index is 623. The molecule has 2 rings (SSSR count). The van der Waals surface area contributed by atoms with Crippen LogP contribution >= 0.6 is 0 Å². The van der Waals surface area contributed by atoms with Crippen LogP contribution in [0.15, 0.2) is 35.3 Å². The third-order valence-corrected chi connectivity index (χ3v) is 5.11. The molecule has 24 heavy (non-hydrogen) atoms. The molecule has 0 atom stereocenters. The number of piperidine rings is 1. The summed E-state index contributed by atoms with van der Waals surface area (Å²) in [6.07, 6.45) is 3.35. The molecule has 0 unspecified atom stereocenters. The van der Waals surface area contributed by atoms with E-state index in [1.165, 1.54) is 11.8 Å². The molecule has 1 saturated heterocycles. The fourth-order valence-electron chi connectivity index (χ4n) is 2.82. The summed E-state index contributed by atoms with van der Waals surface area (Å²) in [5.41, 5.74) is 1.35. The Morgan fingerprint density at radius 3 is 2.50 bits per heavy atom. The van der Waals surface area contributed by atoms with E-state index >= 15 is 0 Å². The number of hydrogen-bond donors (Lipinski definition) is 2. The first-order valence-corrected chi connectivity index (χ1v) is 10.4. The quantitative estimate of drug-likeness (QED) is 0.587. The summed E-state index contributed by atoms with van der Waals surface area (Å²) in [7, 11) is -1.24. The Morgan fingerprint density at radius 1 is 1.25 bits per heavy atom. The maximum Gasteiger partial charge on any atom is 0.191 e. The molecule has 1 fully saturated rings. The Kier molecular flexibility index (Phi) is 7.05. The molecule has 2 N–H and O–H groups in total. The predicted octanol–water partition coefficient (Wildman–Crippen LogP) is 0.861. The molecule has 6 nitrogen and oxygen atoms in total. The second kappa shape index (κ2) is 9.03. The van der Waals surface area contributed by atoms with Crippen molar-refractivity contribution in [2.75, 3.05) is 38.7 Å². The van der Waals surface area contributed by atoms with E-state index in [4.69, 9.17) is 0 Å². The average molecular weight is 353 g/mol. The van der Waals surface area contributed by atoms with Gasteiger partial charge in [0.15, 0.2) is 5.96 Å². The molecule has 1 aliphatic rings. The van der Waals surface area contributed by atoms with Crippen LogP contribution in [0.25, 0.3) is 0 Å². The van der Waals surface area contributed by atoms with E-state index in [2.05, 4.69) is 44.8 Å². The summed E-state index contributed by atoms with van der Waals surface area (Å²) >= 11 is 0. The zero-order valence-electron chi connectivity index (χ0n) is 14.5. The number of guanidine groups is 1. The summed E-state index contributed by atoms with van der Waals surface area (Å²) in [6, 6.07) is 10.9. The van der Waals surface area contributed by atoms with Crippen molar-refractivity contribution in [3.8, 4) is 0 Å². The summed E-state index contributed by atoms with van der Waals surface area (Å²) in [6.45, 7) is 3.47. The summed E-state index contributed by atoms with van der Waals surface area (Å²) < 4.78 is 22.3. The van der Waals surface area contributed by atoms with Gasteiger partial charge in [-0.05, 0) is 18.4 Å². The van der Waals surface area contributed by atoms with Crippen LogP contribution in [0.5, 0.6) is 0 Å². The molecule has 134 valence electrons.